The lowest BCUT2D eigenvalue weighted by Crippen LogP contribution is -2.06. The smallest absolute Gasteiger partial charge is 0.0597 e. The summed E-state index contributed by atoms with van der Waals surface area (Å²) in [6.45, 7) is 1.78. The van der Waals surface area contributed by atoms with Gasteiger partial charge in [-0.15, -0.1) is 0 Å². The summed E-state index contributed by atoms with van der Waals surface area (Å²) < 4.78 is 0. The predicted molar refractivity (Wildman–Crippen MR) is 41.9 cm³/mol. The monoisotopic (exact) mass is 164 g/mol. The van der Waals surface area contributed by atoms with E-state index in [0.29, 0.717) is 17.9 Å². The summed E-state index contributed by atoms with van der Waals surface area (Å²) in [5, 5.41) is 18.1. The lowest BCUT2D eigenvalue weighted by atomic mass is 10.2. The van der Waals surface area contributed by atoms with E-state index in [9.17, 15) is 0 Å². The van der Waals surface area contributed by atoms with E-state index >= 15 is 0 Å². The van der Waals surface area contributed by atoms with Gasteiger partial charge in [0.1, 0.15) is 0 Å². The number of allylic oxidation sites excluding steroid dienone is 1. The summed E-state index contributed by atoms with van der Waals surface area (Å²) >= 11 is 5.51. The number of hydrogen-bond donors (Lipinski definition) is 2. The van der Waals surface area contributed by atoms with Gasteiger partial charge in [0.05, 0.1) is 6.10 Å². The number of halogens is 1. The highest BCUT2D eigenvalue weighted by molar-refractivity contribution is 6.29. The average molecular weight is 165 g/mol. The van der Waals surface area contributed by atoms with Gasteiger partial charge in [-0.05, 0) is 19.8 Å². The van der Waals surface area contributed by atoms with E-state index in [1.807, 2.05) is 0 Å². The second-order valence-electron chi connectivity index (χ2n) is 2.19. The second kappa shape index (κ2) is 5.71. The van der Waals surface area contributed by atoms with Gasteiger partial charge in [-0.25, -0.2) is 0 Å². The molecule has 0 aromatic rings. The van der Waals surface area contributed by atoms with Gasteiger partial charge in [0.15, 0.2) is 0 Å². The summed E-state index contributed by atoms with van der Waals surface area (Å²) in [5.74, 6) is 0. The van der Waals surface area contributed by atoms with Gasteiger partial charge >= 0.3 is 0 Å². The molecule has 0 aliphatic heterocycles. The zero-order valence-corrected chi connectivity index (χ0v) is 6.80. The minimum Gasteiger partial charge on any atom is -0.396 e. The van der Waals surface area contributed by atoms with Crippen molar-refractivity contribution < 1.29 is 10.2 Å². The molecular weight excluding hydrogens is 152 g/mol. The molecule has 0 heterocycles. The van der Waals surface area contributed by atoms with Crippen LogP contribution in [0.5, 0.6) is 0 Å². The van der Waals surface area contributed by atoms with Crippen molar-refractivity contribution in [1.29, 1.82) is 0 Å². The quantitative estimate of drug-likeness (QED) is 0.657. The fraction of sp³-hybridized carbons (Fsp3) is 0.714. The number of aliphatic hydroxyl groups is 2. The van der Waals surface area contributed by atoms with Crippen molar-refractivity contribution in [3.8, 4) is 0 Å². The number of rotatable bonds is 4. The molecule has 60 valence electrons. The lowest BCUT2D eigenvalue weighted by molar-refractivity contribution is 0.135. The zero-order chi connectivity index (χ0) is 7.98. The average Bonchev–Trinajstić information content (AvgIpc) is 1.85. The molecule has 10 heavy (non-hydrogen) atoms. The normalized spacial score (nSPS) is 15.4. The highest BCUT2D eigenvalue weighted by Gasteiger charge is 1.99. The van der Waals surface area contributed by atoms with Crippen molar-refractivity contribution in [1.82, 2.24) is 0 Å². The molecule has 0 amide bonds. The Morgan fingerprint density at radius 1 is 1.70 bits per heavy atom. The van der Waals surface area contributed by atoms with Gasteiger partial charge in [-0.1, -0.05) is 17.7 Å². The summed E-state index contributed by atoms with van der Waals surface area (Å²) in [4.78, 5) is 0. The van der Waals surface area contributed by atoms with Crippen LogP contribution in [0, 0.1) is 0 Å². The van der Waals surface area contributed by atoms with Crippen LogP contribution in [0.1, 0.15) is 19.8 Å². The molecular formula is C7H13ClO2. The van der Waals surface area contributed by atoms with Gasteiger partial charge in [0, 0.05) is 11.6 Å². The maximum Gasteiger partial charge on any atom is 0.0597 e. The first kappa shape index (κ1) is 9.95. The molecule has 1 atom stereocenters. The second-order valence-corrected chi connectivity index (χ2v) is 2.79. The third-order valence-electron chi connectivity index (χ3n) is 1.13. The molecule has 0 aromatic carbocycles. The minimum absolute atomic E-state index is 0.0241. The van der Waals surface area contributed by atoms with Crippen molar-refractivity contribution in [2.45, 2.75) is 25.9 Å². The maximum absolute atomic E-state index is 9.03. The Balaban J connectivity index is 3.38. The van der Waals surface area contributed by atoms with E-state index in [1.54, 1.807) is 13.0 Å². The van der Waals surface area contributed by atoms with Crippen molar-refractivity contribution in [2.24, 2.45) is 0 Å². The van der Waals surface area contributed by atoms with Gasteiger partial charge in [0.2, 0.25) is 0 Å². The van der Waals surface area contributed by atoms with E-state index in [2.05, 4.69) is 0 Å². The SMILES string of the molecule is C/C(Cl)=C\CC(O)CCO. The van der Waals surface area contributed by atoms with Crippen molar-refractivity contribution in [3.05, 3.63) is 11.1 Å². The van der Waals surface area contributed by atoms with Gasteiger partial charge in [0.25, 0.3) is 0 Å². The molecule has 0 aliphatic rings. The van der Waals surface area contributed by atoms with Crippen LogP contribution >= 0.6 is 11.6 Å². The lowest BCUT2D eigenvalue weighted by Gasteiger charge is -2.03. The van der Waals surface area contributed by atoms with E-state index < -0.39 is 6.10 Å². The molecule has 0 aromatic heterocycles. The molecule has 0 radical (unpaired) electrons. The van der Waals surface area contributed by atoms with Crippen molar-refractivity contribution in [3.63, 3.8) is 0 Å². The topological polar surface area (TPSA) is 40.5 Å². The van der Waals surface area contributed by atoms with Crippen molar-refractivity contribution in [2.75, 3.05) is 6.61 Å². The van der Waals surface area contributed by atoms with E-state index in [-0.39, 0.29) is 6.61 Å². The van der Waals surface area contributed by atoms with Crippen LogP contribution in [-0.2, 0) is 0 Å². The standard InChI is InChI=1S/C7H13ClO2/c1-6(8)2-3-7(10)4-5-9/h2,7,9-10H,3-5H2,1H3/b6-2+. The Hall–Kier alpha value is -0.0500. The number of hydrogen-bond acceptors (Lipinski definition) is 2. The molecule has 2 nitrogen and oxygen atoms in total. The summed E-state index contributed by atoms with van der Waals surface area (Å²) in [5.41, 5.74) is 0. The fourth-order valence-electron chi connectivity index (χ4n) is 0.565. The van der Waals surface area contributed by atoms with Gasteiger partial charge in [-0.2, -0.15) is 0 Å². The maximum atomic E-state index is 9.03. The molecule has 1 unspecified atom stereocenters. The molecule has 0 bridgehead atoms. The molecule has 0 spiro atoms. The summed E-state index contributed by atoms with van der Waals surface area (Å²) in [6.07, 6.45) is 2.22. The largest absolute Gasteiger partial charge is 0.396 e. The van der Waals surface area contributed by atoms with E-state index in [1.165, 1.54) is 0 Å². The molecule has 0 aliphatic carbocycles. The zero-order valence-electron chi connectivity index (χ0n) is 6.05. The van der Waals surface area contributed by atoms with E-state index in [4.69, 9.17) is 21.8 Å². The molecule has 3 heteroatoms. The van der Waals surface area contributed by atoms with E-state index in [0.717, 1.165) is 0 Å². The Labute approximate surface area is 66.1 Å². The van der Waals surface area contributed by atoms with Crippen LogP contribution in [0.4, 0.5) is 0 Å². The van der Waals surface area contributed by atoms with Crippen LogP contribution in [0.3, 0.4) is 0 Å². The molecule has 0 rings (SSSR count). The molecule has 0 fully saturated rings. The Bertz CT molecular complexity index is 108. The van der Waals surface area contributed by atoms with Gasteiger partial charge in [-0.3, -0.25) is 0 Å². The van der Waals surface area contributed by atoms with Crippen molar-refractivity contribution >= 4 is 11.6 Å². The summed E-state index contributed by atoms with van der Waals surface area (Å²) in [7, 11) is 0. The highest BCUT2D eigenvalue weighted by atomic mass is 35.5. The predicted octanol–water partition coefficient (Wildman–Crippen LogP) is 1.26. The molecule has 0 saturated carbocycles. The van der Waals surface area contributed by atoms with Crippen LogP contribution in [0.2, 0.25) is 0 Å². The Kier molecular flexibility index (Phi) is 5.69. The first-order chi connectivity index (χ1) is 4.66. The Morgan fingerprint density at radius 3 is 2.70 bits per heavy atom. The number of aliphatic hydroxyl groups excluding tert-OH is 2. The third-order valence-corrected chi connectivity index (χ3v) is 1.29. The van der Waals surface area contributed by atoms with Crippen LogP contribution in [0.25, 0.3) is 0 Å². The summed E-state index contributed by atoms with van der Waals surface area (Å²) in [6, 6.07) is 0. The first-order valence-corrected chi connectivity index (χ1v) is 3.65. The third kappa shape index (κ3) is 6.08. The van der Waals surface area contributed by atoms with Crippen LogP contribution in [-0.4, -0.2) is 22.9 Å². The van der Waals surface area contributed by atoms with Gasteiger partial charge < -0.3 is 10.2 Å². The molecule has 0 saturated heterocycles. The minimum atomic E-state index is -0.460. The first-order valence-electron chi connectivity index (χ1n) is 3.28. The highest BCUT2D eigenvalue weighted by Crippen LogP contribution is 2.04. The fourth-order valence-corrected chi connectivity index (χ4v) is 0.654. The molecule has 2 N–H and O–H groups in total. The van der Waals surface area contributed by atoms with Crippen LogP contribution in [0.15, 0.2) is 11.1 Å². The van der Waals surface area contributed by atoms with Crippen LogP contribution < -0.4 is 0 Å². The Morgan fingerprint density at radius 2 is 2.30 bits per heavy atom.